The van der Waals surface area contributed by atoms with E-state index in [4.69, 9.17) is 0 Å². The zero-order chi connectivity index (χ0) is 17.6. The molecule has 0 fully saturated rings. The number of aryl methyl sites for hydroxylation is 2. The number of benzene rings is 2. The van der Waals surface area contributed by atoms with Crippen molar-refractivity contribution in [3.8, 4) is 0 Å². The van der Waals surface area contributed by atoms with Gasteiger partial charge >= 0.3 is 0 Å². The lowest BCUT2D eigenvalue weighted by Gasteiger charge is -2.12. The molecule has 0 N–H and O–H groups in total. The van der Waals surface area contributed by atoms with E-state index in [0.29, 0.717) is 0 Å². The maximum Gasteiger partial charge on any atom is 0.224 e. The standard InChI is InChI=1S/C22H15FN3/c1-12-5-6-15-20-16(4-3-8-24-20)26-17-11-14(23)10-13-7-9-25(2)22(19(13)17)18(12)21(15)26/h3-11H,1-2H3/q+1. The van der Waals surface area contributed by atoms with Crippen LogP contribution in [0.5, 0.6) is 0 Å². The van der Waals surface area contributed by atoms with Gasteiger partial charge in [-0.05, 0) is 42.1 Å². The second-order valence-electron chi connectivity index (χ2n) is 7.02. The van der Waals surface area contributed by atoms with Gasteiger partial charge in [-0.2, -0.15) is 0 Å². The van der Waals surface area contributed by atoms with Gasteiger partial charge in [-0.25, -0.2) is 8.96 Å². The summed E-state index contributed by atoms with van der Waals surface area (Å²) in [5.74, 6) is -0.220. The lowest BCUT2D eigenvalue weighted by Crippen LogP contribution is -2.28. The molecule has 4 heterocycles. The molecule has 6 rings (SSSR count). The Labute approximate surface area is 148 Å². The first-order valence-corrected chi connectivity index (χ1v) is 8.66. The van der Waals surface area contributed by atoms with Crippen LogP contribution < -0.4 is 4.57 Å². The summed E-state index contributed by atoms with van der Waals surface area (Å²) in [7, 11) is 2.05. The van der Waals surface area contributed by atoms with Crippen molar-refractivity contribution in [2.75, 3.05) is 0 Å². The number of aromatic nitrogens is 3. The van der Waals surface area contributed by atoms with E-state index in [0.717, 1.165) is 43.7 Å². The van der Waals surface area contributed by atoms with Crippen LogP contribution >= 0.6 is 0 Å². The first kappa shape index (κ1) is 14.0. The highest BCUT2D eigenvalue weighted by Gasteiger charge is 2.24. The summed E-state index contributed by atoms with van der Waals surface area (Å²) >= 11 is 0. The van der Waals surface area contributed by atoms with Gasteiger partial charge in [0.25, 0.3) is 0 Å². The number of hydrogen-bond donors (Lipinski definition) is 0. The van der Waals surface area contributed by atoms with Crippen molar-refractivity contribution in [1.82, 2.24) is 9.38 Å². The van der Waals surface area contributed by atoms with Gasteiger partial charge in [0.05, 0.1) is 32.8 Å². The third-order valence-corrected chi connectivity index (χ3v) is 5.55. The van der Waals surface area contributed by atoms with Gasteiger partial charge in [-0.15, -0.1) is 0 Å². The van der Waals surface area contributed by atoms with Gasteiger partial charge in [0.2, 0.25) is 5.52 Å². The zero-order valence-electron chi connectivity index (χ0n) is 14.4. The van der Waals surface area contributed by atoms with Crippen molar-refractivity contribution >= 4 is 49.1 Å². The minimum Gasteiger partial charge on any atom is -0.306 e. The number of hydrogen-bond acceptors (Lipinski definition) is 1. The maximum atomic E-state index is 14.4. The van der Waals surface area contributed by atoms with Crippen molar-refractivity contribution in [1.29, 1.82) is 0 Å². The first-order chi connectivity index (χ1) is 12.6. The molecule has 0 aliphatic carbocycles. The monoisotopic (exact) mass is 340 g/mol. The molecule has 0 saturated heterocycles. The average Bonchev–Trinajstić information content (AvgIpc) is 2.97. The Morgan fingerprint density at radius 2 is 1.92 bits per heavy atom. The van der Waals surface area contributed by atoms with Crippen molar-refractivity contribution in [2.24, 2.45) is 7.05 Å². The van der Waals surface area contributed by atoms with Gasteiger partial charge in [0.1, 0.15) is 12.9 Å². The largest absolute Gasteiger partial charge is 0.306 e. The Bertz CT molecular complexity index is 1510. The third kappa shape index (κ3) is 1.48. The van der Waals surface area contributed by atoms with Crippen molar-refractivity contribution in [3.63, 3.8) is 0 Å². The second-order valence-corrected chi connectivity index (χ2v) is 7.02. The summed E-state index contributed by atoms with van der Waals surface area (Å²) in [6.45, 7) is 2.14. The highest BCUT2D eigenvalue weighted by Crippen LogP contribution is 2.39. The van der Waals surface area contributed by atoms with E-state index in [2.05, 4.69) is 46.1 Å². The maximum absolute atomic E-state index is 14.4. The molecular formula is C22H15FN3+. The summed E-state index contributed by atoms with van der Waals surface area (Å²) in [4.78, 5) is 4.63. The molecule has 0 aliphatic rings. The Kier molecular flexibility index (Phi) is 2.40. The summed E-state index contributed by atoms with van der Waals surface area (Å²) < 4.78 is 18.8. The second kappa shape index (κ2) is 4.47. The van der Waals surface area contributed by atoms with Gasteiger partial charge in [0.15, 0.2) is 6.20 Å². The summed E-state index contributed by atoms with van der Waals surface area (Å²) in [5, 5.41) is 4.31. The van der Waals surface area contributed by atoms with Crippen LogP contribution in [0.2, 0.25) is 0 Å². The molecular weight excluding hydrogens is 325 g/mol. The summed E-state index contributed by atoms with van der Waals surface area (Å²) in [6, 6.07) is 13.5. The summed E-state index contributed by atoms with van der Waals surface area (Å²) in [5.41, 5.74) is 6.31. The van der Waals surface area contributed by atoms with Crippen molar-refractivity contribution in [2.45, 2.75) is 6.92 Å². The molecule has 26 heavy (non-hydrogen) atoms. The summed E-state index contributed by atoms with van der Waals surface area (Å²) in [6.07, 6.45) is 3.83. The Morgan fingerprint density at radius 1 is 1.04 bits per heavy atom. The molecule has 4 heteroatoms. The van der Waals surface area contributed by atoms with Crippen LogP contribution in [0.3, 0.4) is 0 Å². The van der Waals surface area contributed by atoms with Crippen LogP contribution in [0.25, 0.3) is 49.1 Å². The van der Waals surface area contributed by atoms with Gasteiger partial charge < -0.3 is 4.40 Å². The fraction of sp³-hybridized carbons (Fsp3) is 0.0909. The van der Waals surface area contributed by atoms with E-state index in [1.165, 1.54) is 10.9 Å². The predicted octanol–water partition coefficient (Wildman–Crippen LogP) is 4.66. The van der Waals surface area contributed by atoms with Crippen LogP contribution in [0.15, 0.2) is 54.9 Å². The third-order valence-electron chi connectivity index (χ3n) is 5.55. The fourth-order valence-electron chi connectivity index (χ4n) is 4.49. The molecule has 0 saturated carbocycles. The topological polar surface area (TPSA) is 21.2 Å². The van der Waals surface area contributed by atoms with Gasteiger partial charge in [0, 0.05) is 17.6 Å². The molecule has 4 aromatic heterocycles. The molecule has 2 aromatic carbocycles. The van der Waals surface area contributed by atoms with E-state index in [9.17, 15) is 4.39 Å². The molecule has 124 valence electrons. The number of pyridine rings is 3. The predicted molar refractivity (Wildman–Crippen MR) is 102 cm³/mol. The molecule has 0 unspecified atom stereocenters. The lowest BCUT2D eigenvalue weighted by molar-refractivity contribution is -0.643. The smallest absolute Gasteiger partial charge is 0.224 e. The molecule has 3 nitrogen and oxygen atoms in total. The highest BCUT2D eigenvalue weighted by atomic mass is 19.1. The van der Waals surface area contributed by atoms with Crippen molar-refractivity contribution < 1.29 is 8.96 Å². The molecule has 0 bridgehead atoms. The van der Waals surface area contributed by atoms with E-state index < -0.39 is 0 Å². The van der Waals surface area contributed by atoms with E-state index in [1.807, 2.05) is 24.5 Å². The van der Waals surface area contributed by atoms with Crippen LogP contribution in [0.1, 0.15) is 5.56 Å². The molecule has 0 atom stereocenters. The molecule has 0 spiro atoms. The molecule has 0 radical (unpaired) electrons. The number of nitrogens with zero attached hydrogens (tertiary/aromatic N) is 3. The van der Waals surface area contributed by atoms with Gasteiger partial charge in [-0.1, -0.05) is 12.1 Å². The average molecular weight is 340 g/mol. The van der Waals surface area contributed by atoms with Crippen LogP contribution in [-0.4, -0.2) is 9.38 Å². The minimum atomic E-state index is -0.220. The molecule has 6 aromatic rings. The quantitative estimate of drug-likeness (QED) is 0.224. The minimum absolute atomic E-state index is 0.220. The fourth-order valence-corrected chi connectivity index (χ4v) is 4.49. The Morgan fingerprint density at radius 3 is 2.81 bits per heavy atom. The zero-order valence-corrected chi connectivity index (χ0v) is 14.4. The van der Waals surface area contributed by atoms with Gasteiger partial charge in [-0.3, -0.25) is 4.98 Å². The lowest BCUT2D eigenvalue weighted by atomic mass is 10.00. The van der Waals surface area contributed by atoms with Crippen LogP contribution in [0, 0.1) is 12.7 Å². The Hall–Kier alpha value is -3.27. The van der Waals surface area contributed by atoms with E-state index >= 15 is 0 Å². The molecule has 0 aliphatic heterocycles. The van der Waals surface area contributed by atoms with Crippen LogP contribution in [0.4, 0.5) is 4.39 Å². The van der Waals surface area contributed by atoms with E-state index in [-0.39, 0.29) is 5.82 Å². The number of halogens is 1. The number of fused-ring (bicyclic) bond motifs is 5. The SMILES string of the molecule is Cc1ccc2c3ncccc3n3c4cc(F)cc5cc[n+](C)c(c1c23)c54. The van der Waals surface area contributed by atoms with E-state index in [1.54, 1.807) is 12.1 Å². The van der Waals surface area contributed by atoms with Crippen molar-refractivity contribution in [3.05, 3.63) is 66.2 Å². The highest BCUT2D eigenvalue weighted by molar-refractivity contribution is 6.25. The molecule has 0 amide bonds. The Balaban J connectivity index is 2.17. The van der Waals surface area contributed by atoms with Crippen LogP contribution in [-0.2, 0) is 7.05 Å². The number of rotatable bonds is 0. The normalized spacial score (nSPS) is 12.4. The first-order valence-electron chi connectivity index (χ1n) is 8.66.